The molecule has 2 heterocycles. The third kappa shape index (κ3) is 4.50. The number of nitrogens with zero attached hydrogens (tertiary/aromatic N) is 2. The van der Waals surface area contributed by atoms with Crippen molar-refractivity contribution in [3.8, 4) is 5.69 Å². The summed E-state index contributed by atoms with van der Waals surface area (Å²) in [7, 11) is 0. The summed E-state index contributed by atoms with van der Waals surface area (Å²) in [4.78, 5) is 39.7. The number of thiophene rings is 1. The summed E-state index contributed by atoms with van der Waals surface area (Å²) in [5, 5.41) is 4.41. The van der Waals surface area contributed by atoms with Gasteiger partial charge in [0.05, 0.1) is 27.5 Å². The molecule has 0 saturated heterocycles. The maximum absolute atomic E-state index is 12.8. The highest BCUT2D eigenvalue weighted by Gasteiger charge is 2.26. The predicted molar refractivity (Wildman–Crippen MR) is 123 cm³/mol. The van der Waals surface area contributed by atoms with Crippen LogP contribution in [0.25, 0.3) is 5.69 Å². The number of carbonyl (C=O) groups is 3. The lowest BCUT2D eigenvalue weighted by molar-refractivity contribution is -0.117. The highest BCUT2D eigenvalue weighted by molar-refractivity contribution is 7.14. The largest absolute Gasteiger partial charge is 0.310 e. The zero-order valence-electron chi connectivity index (χ0n) is 18.2. The Morgan fingerprint density at radius 1 is 0.969 bits per heavy atom. The molecule has 0 spiro atoms. The molecular formula is C24H26N4O3S. The van der Waals surface area contributed by atoms with E-state index in [0.29, 0.717) is 16.3 Å². The molecule has 3 aromatic rings. The number of nitrogens with one attached hydrogen (secondary N) is 2. The van der Waals surface area contributed by atoms with Gasteiger partial charge in [-0.2, -0.15) is 5.10 Å². The van der Waals surface area contributed by atoms with Gasteiger partial charge in [0.15, 0.2) is 0 Å². The standard InChI is InChI=1S/C24H26N4O3S/c1-15-21(16(2)28(27-15)18-11-7-5-8-12-18)22(29)24(31)26-25-23(30)20-14-17-10-6-3-4-9-13-19(17)32-20/h5,7-8,11-12,14H,3-4,6,9-10,13H2,1-2H3,(H,25,30)(H,26,31). The summed E-state index contributed by atoms with van der Waals surface area (Å²) >= 11 is 1.47. The van der Waals surface area contributed by atoms with Crippen LogP contribution in [-0.4, -0.2) is 27.4 Å². The Morgan fingerprint density at radius 3 is 2.44 bits per heavy atom. The molecule has 32 heavy (non-hydrogen) atoms. The number of aryl methyl sites for hydroxylation is 3. The quantitative estimate of drug-likeness (QED) is 0.359. The van der Waals surface area contributed by atoms with Gasteiger partial charge in [-0.1, -0.05) is 31.0 Å². The van der Waals surface area contributed by atoms with Crippen LogP contribution < -0.4 is 10.9 Å². The molecule has 2 aromatic heterocycles. The van der Waals surface area contributed by atoms with Crippen LogP contribution in [0.2, 0.25) is 0 Å². The lowest BCUT2D eigenvalue weighted by Gasteiger charge is -2.07. The predicted octanol–water partition coefficient (Wildman–Crippen LogP) is 3.85. The third-order valence-corrected chi connectivity index (χ3v) is 6.97. The fourth-order valence-electron chi connectivity index (χ4n) is 4.09. The molecule has 166 valence electrons. The van der Waals surface area contributed by atoms with E-state index < -0.39 is 17.6 Å². The van der Waals surface area contributed by atoms with E-state index in [2.05, 4.69) is 16.0 Å². The molecule has 0 radical (unpaired) electrons. The number of aromatic nitrogens is 2. The van der Waals surface area contributed by atoms with Crippen molar-refractivity contribution in [2.24, 2.45) is 0 Å². The Morgan fingerprint density at radius 2 is 1.69 bits per heavy atom. The first-order valence-electron chi connectivity index (χ1n) is 10.8. The molecule has 8 heteroatoms. The van der Waals surface area contributed by atoms with Crippen molar-refractivity contribution < 1.29 is 14.4 Å². The van der Waals surface area contributed by atoms with E-state index in [0.717, 1.165) is 31.4 Å². The van der Waals surface area contributed by atoms with E-state index in [9.17, 15) is 14.4 Å². The van der Waals surface area contributed by atoms with Gasteiger partial charge in [-0.25, -0.2) is 4.68 Å². The topological polar surface area (TPSA) is 93.1 Å². The highest BCUT2D eigenvalue weighted by Crippen LogP contribution is 2.28. The van der Waals surface area contributed by atoms with Crippen molar-refractivity contribution in [2.45, 2.75) is 52.4 Å². The molecule has 2 amide bonds. The Bertz CT molecular complexity index is 1140. The first-order chi connectivity index (χ1) is 15.5. The number of amides is 2. The molecule has 2 N–H and O–H groups in total. The summed E-state index contributed by atoms with van der Waals surface area (Å²) in [6.45, 7) is 3.43. The van der Waals surface area contributed by atoms with Gasteiger partial charge in [-0.15, -0.1) is 11.3 Å². The van der Waals surface area contributed by atoms with Gasteiger partial charge in [-0.05, 0) is 63.3 Å². The Kier molecular flexibility index (Phi) is 6.50. The fourth-order valence-corrected chi connectivity index (χ4v) is 5.24. The second kappa shape index (κ2) is 9.48. The fraction of sp³-hybridized carbons (Fsp3) is 0.333. The average Bonchev–Trinajstić information content (AvgIpc) is 3.31. The Labute approximate surface area is 190 Å². The van der Waals surface area contributed by atoms with E-state index >= 15 is 0 Å². The molecule has 4 rings (SSSR count). The minimum absolute atomic E-state index is 0.236. The van der Waals surface area contributed by atoms with Gasteiger partial charge in [0.1, 0.15) is 0 Å². The SMILES string of the molecule is Cc1nn(-c2ccccc2)c(C)c1C(=O)C(=O)NNC(=O)c1cc2c(s1)CCCCCC2. The van der Waals surface area contributed by atoms with Crippen molar-refractivity contribution in [3.63, 3.8) is 0 Å². The number of hydrogen-bond donors (Lipinski definition) is 2. The number of ketones is 1. The summed E-state index contributed by atoms with van der Waals surface area (Å²) in [5.41, 5.74) is 7.94. The molecule has 1 aliphatic rings. The van der Waals surface area contributed by atoms with Crippen LogP contribution in [0.4, 0.5) is 0 Å². The van der Waals surface area contributed by atoms with Gasteiger partial charge in [0.2, 0.25) is 0 Å². The van der Waals surface area contributed by atoms with Crippen LogP contribution >= 0.6 is 11.3 Å². The maximum Gasteiger partial charge on any atom is 0.310 e. The van der Waals surface area contributed by atoms with Gasteiger partial charge in [-0.3, -0.25) is 25.2 Å². The molecule has 0 aliphatic heterocycles. The summed E-state index contributed by atoms with van der Waals surface area (Å²) < 4.78 is 1.63. The number of benzene rings is 1. The van der Waals surface area contributed by atoms with E-state index in [1.807, 2.05) is 36.4 Å². The number of fused-ring (bicyclic) bond motifs is 1. The maximum atomic E-state index is 12.8. The minimum atomic E-state index is -0.896. The van der Waals surface area contributed by atoms with Crippen molar-refractivity contribution in [1.82, 2.24) is 20.6 Å². The van der Waals surface area contributed by atoms with Crippen LogP contribution in [0.3, 0.4) is 0 Å². The number of Topliss-reactive ketones (excluding diaryl/α,β-unsaturated/α-hetero) is 1. The number of para-hydroxylation sites is 1. The van der Waals surface area contributed by atoms with E-state index in [1.165, 1.54) is 34.6 Å². The molecule has 0 unspecified atom stereocenters. The lowest BCUT2D eigenvalue weighted by atomic mass is 10.00. The summed E-state index contributed by atoms with van der Waals surface area (Å²) in [6.07, 6.45) is 6.67. The van der Waals surface area contributed by atoms with Crippen LogP contribution in [0.1, 0.15) is 67.5 Å². The summed E-state index contributed by atoms with van der Waals surface area (Å²) in [6, 6.07) is 11.3. The van der Waals surface area contributed by atoms with Crippen LogP contribution in [0.15, 0.2) is 36.4 Å². The van der Waals surface area contributed by atoms with Crippen molar-refractivity contribution in [3.05, 3.63) is 68.7 Å². The number of hydrogen-bond acceptors (Lipinski definition) is 5. The smallest absolute Gasteiger partial charge is 0.283 e. The van der Waals surface area contributed by atoms with E-state index in [1.54, 1.807) is 18.5 Å². The zero-order chi connectivity index (χ0) is 22.7. The second-order valence-corrected chi connectivity index (χ2v) is 9.14. The molecule has 0 saturated carbocycles. The van der Waals surface area contributed by atoms with E-state index in [-0.39, 0.29) is 5.56 Å². The molecule has 1 aliphatic carbocycles. The number of hydrazine groups is 1. The Balaban J connectivity index is 1.44. The average molecular weight is 451 g/mol. The highest BCUT2D eigenvalue weighted by atomic mass is 32.1. The zero-order valence-corrected chi connectivity index (χ0v) is 19.1. The minimum Gasteiger partial charge on any atom is -0.283 e. The normalized spacial score (nSPS) is 13.6. The number of carbonyl (C=O) groups excluding carboxylic acids is 3. The van der Waals surface area contributed by atoms with Crippen molar-refractivity contribution in [2.75, 3.05) is 0 Å². The second-order valence-electron chi connectivity index (χ2n) is 8.00. The molecule has 0 atom stereocenters. The van der Waals surface area contributed by atoms with E-state index in [4.69, 9.17) is 0 Å². The molecule has 1 aromatic carbocycles. The first-order valence-corrected chi connectivity index (χ1v) is 11.7. The van der Waals surface area contributed by atoms with Crippen LogP contribution in [0, 0.1) is 13.8 Å². The lowest BCUT2D eigenvalue weighted by Crippen LogP contribution is -2.44. The molecular weight excluding hydrogens is 424 g/mol. The molecule has 0 fully saturated rings. The molecule has 0 bridgehead atoms. The summed E-state index contributed by atoms with van der Waals surface area (Å²) in [5.74, 6) is -2.04. The van der Waals surface area contributed by atoms with Crippen molar-refractivity contribution >= 4 is 28.9 Å². The third-order valence-electron chi connectivity index (χ3n) is 5.74. The van der Waals surface area contributed by atoms with Gasteiger partial charge in [0, 0.05) is 4.88 Å². The Hall–Kier alpha value is -3.26. The van der Waals surface area contributed by atoms with Crippen molar-refractivity contribution in [1.29, 1.82) is 0 Å². The van der Waals surface area contributed by atoms with Gasteiger partial charge < -0.3 is 0 Å². The monoisotopic (exact) mass is 450 g/mol. The van der Waals surface area contributed by atoms with Gasteiger partial charge >= 0.3 is 5.91 Å². The van der Waals surface area contributed by atoms with Gasteiger partial charge in [0.25, 0.3) is 11.7 Å². The van der Waals surface area contributed by atoms with Crippen LogP contribution in [-0.2, 0) is 17.6 Å². The first kappa shape index (κ1) is 22.0. The number of rotatable bonds is 4. The van der Waals surface area contributed by atoms with Crippen LogP contribution in [0.5, 0.6) is 0 Å². The molecule has 7 nitrogen and oxygen atoms in total.